The number of carbonyl (C=O) groups excluding carboxylic acids is 2. The largest absolute Gasteiger partial charge is 0.419 e. The molecule has 3 rings (SSSR count). The maximum Gasteiger partial charge on any atom is 0.419 e. The highest BCUT2D eigenvalue weighted by Crippen LogP contribution is 2.37. The van der Waals surface area contributed by atoms with Crippen molar-refractivity contribution in [2.75, 3.05) is 25.0 Å². The molecular weight excluding hydrogens is 329 g/mol. The van der Waals surface area contributed by atoms with Gasteiger partial charge in [-0.2, -0.15) is 13.2 Å². The number of pyridine rings is 1. The molecule has 0 aliphatic carbocycles. The predicted octanol–water partition coefficient (Wildman–Crippen LogP) is 0.898. The highest BCUT2D eigenvalue weighted by Gasteiger charge is 2.57. The van der Waals surface area contributed by atoms with Gasteiger partial charge < -0.3 is 20.6 Å². The topological polar surface area (TPSA) is 94.6 Å². The lowest BCUT2D eigenvalue weighted by Crippen LogP contribution is -2.48. The van der Waals surface area contributed by atoms with Crippen molar-refractivity contribution in [2.45, 2.75) is 24.6 Å². The number of urea groups is 1. The van der Waals surface area contributed by atoms with Crippen LogP contribution in [0.1, 0.15) is 22.3 Å². The number of nitrogens with zero attached hydrogens (tertiary/aromatic N) is 2. The summed E-state index contributed by atoms with van der Waals surface area (Å²) in [5.41, 5.74) is -1.69. The fourth-order valence-corrected chi connectivity index (χ4v) is 2.85. The molecular formula is C14H15F3N4O3. The van der Waals surface area contributed by atoms with Crippen LogP contribution in [0.3, 0.4) is 0 Å². The second-order valence-electron chi connectivity index (χ2n) is 5.85. The number of hydrogen-bond acceptors (Lipinski definition) is 4. The Morgan fingerprint density at radius 2 is 2.17 bits per heavy atom. The van der Waals surface area contributed by atoms with E-state index in [1.807, 2.05) is 0 Å². The van der Waals surface area contributed by atoms with Crippen molar-refractivity contribution in [3.05, 3.63) is 23.5 Å². The van der Waals surface area contributed by atoms with Crippen molar-refractivity contribution < 1.29 is 27.9 Å². The molecule has 24 heavy (non-hydrogen) atoms. The molecule has 2 aliphatic rings. The monoisotopic (exact) mass is 344 g/mol. The standard InChI is InChI=1S/C14H15F3N4O3/c15-14(16,17)13(24)2-4-21(7-13)12(23)20-10-6-18-5-9-8(10)1-3-19-11(9)22/h5-6,24H,1-4,7H2,(H,19,22)(H,20,23). The van der Waals surface area contributed by atoms with E-state index in [1.54, 1.807) is 0 Å². The van der Waals surface area contributed by atoms with E-state index in [2.05, 4.69) is 15.6 Å². The first-order valence-corrected chi connectivity index (χ1v) is 7.31. The highest BCUT2D eigenvalue weighted by atomic mass is 19.4. The number of fused-ring (bicyclic) bond motifs is 1. The van der Waals surface area contributed by atoms with Crippen molar-refractivity contribution in [3.8, 4) is 0 Å². The number of rotatable bonds is 1. The van der Waals surface area contributed by atoms with Gasteiger partial charge in [0.05, 0.1) is 24.0 Å². The highest BCUT2D eigenvalue weighted by molar-refractivity contribution is 5.99. The van der Waals surface area contributed by atoms with E-state index >= 15 is 0 Å². The molecule has 130 valence electrons. The Labute approximate surface area is 134 Å². The molecule has 1 aromatic heterocycles. The maximum atomic E-state index is 12.8. The zero-order chi connectivity index (χ0) is 17.5. The zero-order valence-electron chi connectivity index (χ0n) is 12.5. The normalized spacial score (nSPS) is 23.7. The molecule has 7 nitrogen and oxygen atoms in total. The number of alkyl halides is 3. The number of carbonyl (C=O) groups is 2. The predicted molar refractivity (Wildman–Crippen MR) is 76.5 cm³/mol. The molecule has 3 N–H and O–H groups in total. The van der Waals surface area contributed by atoms with Crippen LogP contribution in [-0.4, -0.2) is 58.3 Å². The number of nitrogens with one attached hydrogen (secondary N) is 2. The first-order chi connectivity index (χ1) is 11.2. The van der Waals surface area contributed by atoms with Crippen molar-refractivity contribution in [1.82, 2.24) is 15.2 Å². The molecule has 0 spiro atoms. The first-order valence-electron chi connectivity index (χ1n) is 7.31. The number of aliphatic hydroxyl groups is 1. The lowest BCUT2D eigenvalue weighted by molar-refractivity contribution is -0.253. The van der Waals surface area contributed by atoms with E-state index in [4.69, 9.17) is 0 Å². The molecule has 1 fully saturated rings. The van der Waals surface area contributed by atoms with Gasteiger partial charge >= 0.3 is 12.2 Å². The lowest BCUT2D eigenvalue weighted by atomic mass is 10.0. The van der Waals surface area contributed by atoms with Crippen LogP contribution in [0.25, 0.3) is 0 Å². The van der Waals surface area contributed by atoms with Gasteiger partial charge in [0, 0.05) is 25.7 Å². The molecule has 0 aromatic carbocycles. The number of halogens is 3. The van der Waals surface area contributed by atoms with Gasteiger partial charge in [-0.1, -0.05) is 0 Å². The van der Waals surface area contributed by atoms with Gasteiger partial charge in [-0.25, -0.2) is 4.79 Å². The lowest BCUT2D eigenvalue weighted by Gasteiger charge is -2.26. The zero-order valence-corrected chi connectivity index (χ0v) is 12.5. The number of anilines is 1. The smallest absolute Gasteiger partial charge is 0.379 e. The Morgan fingerprint density at radius 3 is 2.83 bits per heavy atom. The third-order valence-electron chi connectivity index (χ3n) is 4.27. The first kappa shape index (κ1) is 16.5. The third-order valence-corrected chi connectivity index (χ3v) is 4.27. The summed E-state index contributed by atoms with van der Waals surface area (Å²) in [7, 11) is 0. The Kier molecular flexibility index (Phi) is 3.86. The van der Waals surface area contributed by atoms with Crippen molar-refractivity contribution >= 4 is 17.6 Å². The molecule has 1 unspecified atom stereocenters. The second-order valence-corrected chi connectivity index (χ2v) is 5.85. The molecule has 0 bridgehead atoms. The number of β-amino-alcohol motifs (C(OH)–C–C–N with tert-alkyl or cyclic N) is 1. The van der Waals surface area contributed by atoms with Crippen LogP contribution in [0.4, 0.5) is 23.7 Å². The number of amides is 3. The van der Waals surface area contributed by atoms with Crippen LogP contribution in [-0.2, 0) is 6.42 Å². The van der Waals surface area contributed by atoms with Gasteiger partial charge in [-0.05, 0) is 12.0 Å². The molecule has 0 radical (unpaired) electrons. The second kappa shape index (κ2) is 5.62. The van der Waals surface area contributed by atoms with Crippen molar-refractivity contribution in [2.24, 2.45) is 0 Å². The fourth-order valence-electron chi connectivity index (χ4n) is 2.85. The van der Waals surface area contributed by atoms with Crippen LogP contribution in [0.15, 0.2) is 12.4 Å². The molecule has 0 saturated carbocycles. The van der Waals surface area contributed by atoms with E-state index in [1.165, 1.54) is 12.4 Å². The Bertz CT molecular complexity index is 694. The van der Waals surface area contributed by atoms with Crippen molar-refractivity contribution in [3.63, 3.8) is 0 Å². The molecule has 1 saturated heterocycles. The van der Waals surface area contributed by atoms with E-state index in [-0.39, 0.29) is 18.1 Å². The summed E-state index contributed by atoms with van der Waals surface area (Å²) in [5, 5.41) is 14.8. The average molecular weight is 344 g/mol. The van der Waals surface area contributed by atoms with E-state index in [0.717, 1.165) is 4.90 Å². The number of aromatic nitrogens is 1. The van der Waals surface area contributed by atoms with Gasteiger partial charge in [-0.3, -0.25) is 9.78 Å². The molecule has 3 heterocycles. The van der Waals surface area contributed by atoms with Crippen LogP contribution >= 0.6 is 0 Å². The van der Waals surface area contributed by atoms with E-state index < -0.39 is 30.8 Å². The SMILES string of the molecule is O=C1NCCc2c(NC(=O)N3CCC(O)(C(F)(F)F)C3)cncc21. The van der Waals surface area contributed by atoms with Crippen molar-refractivity contribution in [1.29, 1.82) is 0 Å². The summed E-state index contributed by atoms with van der Waals surface area (Å²) >= 11 is 0. The number of hydrogen-bond donors (Lipinski definition) is 3. The summed E-state index contributed by atoms with van der Waals surface area (Å²) in [4.78, 5) is 28.7. The Balaban J connectivity index is 1.75. The minimum atomic E-state index is -4.80. The van der Waals surface area contributed by atoms with Gasteiger partial charge in [-0.15, -0.1) is 0 Å². The van der Waals surface area contributed by atoms with Crippen LogP contribution in [0.2, 0.25) is 0 Å². The summed E-state index contributed by atoms with van der Waals surface area (Å²) in [5.74, 6) is -0.313. The minimum Gasteiger partial charge on any atom is -0.379 e. The number of likely N-dealkylation sites (tertiary alicyclic amines) is 1. The fraction of sp³-hybridized carbons (Fsp3) is 0.500. The van der Waals surface area contributed by atoms with Gasteiger partial charge in [0.25, 0.3) is 5.91 Å². The van der Waals surface area contributed by atoms with Gasteiger partial charge in [0.1, 0.15) is 0 Å². The summed E-state index contributed by atoms with van der Waals surface area (Å²) in [6.07, 6.45) is -2.17. The summed E-state index contributed by atoms with van der Waals surface area (Å²) < 4.78 is 38.4. The van der Waals surface area contributed by atoms with Gasteiger partial charge in [0.15, 0.2) is 5.60 Å². The summed E-state index contributed by atoms with van der Waals surface area (Å²) in [6.45, 7) is -0.647. The molecule has 1 aromatic rings. The Hall–Kier alpha value is -2.36. The van der Waals surface area contributed by atoms with Gasteiger partial charge in [0.2, 0.25) is 0 Å². The van der Waals surface area contributed by atoms with Crippen LogP contribution in [0, 0.1) is 0 Å². The molecule has 2 aliphatic heterocycles. The minimum absolute atomic E-state index is 0.217. The third kappa shape index (κ3) is 2.77. The molecule has 3 amide bonds. The molecule has 1 atom stereocenters. The Morgan fingerprint density at radius 1 is 1.42 bits per heavy atom. The maximum absolute atomic E-state index is 12.8. The average Bonchev–Trinajstić information content (AvgIpc) is 2.92. The van der Waals surface area contributed by atoms with Crippen LogP contribution in [0.5, 0.6) is 0 Å². The van der Waals surface area contributed by atoms with Crippen LogP contribution < -0.4 is 10.6 Å². The van der Waals surface area contributed by atoms with E-state index in [9.17, 15) is 27.9 Å². The molecule has 10 heteroatoms. The quantitative estimate of drug-likeness (QED) is 0.705. The van der Waals surface area contributed by atoms with E-state index in [0.29, 0.717) is 24.1 Å². The summed E-state index contributed by atoms with van der Waals surface area (Å²) in [6, 6.07) is -0.767.